The quantitative estimate of drug-likeness (QED) is 0.881. The highest BCUT2D eigenvalue weighted by Crippen LogP contribution is 2.37. The maximum absolute atomic E-state index is 5.96. The Kier molecular flexibility index (Phi) is 3.01. The summed E-state index contributed by atoms with van der Waals surface area (Å²) in [7, 11) is 0. The molecular formula is C15H14ClN3. The van der Waals surface area contributed by atoms with Crippen molar-refractivity contribution in [3.05, 3.63) is 71.1 Å². The first-order valence-electron chi connectivity index (χ1n) is 6.10. The molecule has 0 fully saturated rings. The average Bonchev–Trinajstić information content (AvgIpc) is 2.84. The van der Waals surface area contributed by atoms with Crippen LogP contribution in [0.25, 0.3) is 5.57 Å². The molecule has 1 atom stereocenters. The second kappa shape index (κ2) is 4.68. The van der Waals surface area contributed by atoms with Crippen molar-refractivity contribution in [1.29, 1.82) is 0 Å². The van der Waals surface area contributed by atoms with Crippen molar-refractivity contribution < 1.29 is 0 Å². The van der Waals surface area contributed by atoms with Crippen LogP contribution in [0.3, 0.4) is 0 Å². The molecule has 2 N–H and O–H groups in total. The largest absolute Gasteiger partial charge is 0.327 e. The highest BCUT2D eigenvalue weighted by atomic mass is 35.5. The SMILES string of the molecule is CC1(c2ccc(Cl)cc2)NNC=C1c1ccncc1. The Bertz CT molecular complexity index is 607. The van der Waals surface area contributed by atoms with Crippen molar-refractivity contribution in [2.24, 2.45) is 0 Å². The molecule has 2 aromatic rings. The number of hydrogen-bond acceptors (Lipinski definition) is 3. The van der Waals surface area contributed by atoms with E-state index in [9.17, 15) is 0 Å². The molecule has 3 rings (SSSR count). The van der Waals surface area contributed by atoms with Crippen molar-refractivity contribution in [2.45, 2.75) is 12.5 Å². The summed E-state index contributed by atoms with van der Waals surface area (Å²) in [6.07, 6.45) is 5.59. The van der Waals surface area contributed by atoms with E-state index >= 15 is 0 Å². The highest BCUT2D eigenvalue weighted by molar-refractivity contribution is 6.30. The third-order valence-corrected chi connectivity index (χ3v) is 3.74. The molecule has 1 unspecified atom stereocenters. The van der Waals surface area contributed by atoms with Gasteiger partial charge in [-0.1, -0.05) is 23.7 Å². The monoisotopic (exact) mass is 271 g/mol. The maximum atomic E-state index is 5.96. The van der Waals surface area contributed by atoms with Crippen LogP contribution in [0, 0.1) is 0 Å². The van der Waals surface area contributed by atoms with E-state index in [1.807, 2.05) is 42.6 Å². The van der Waals surface area contributed by atoms with E-state index in [1.54, 1.807) is 12.4 Å². The van der Waals surface area contributed by atoms with Gasteiger partial charge in [0.2, 0.25) is 0 Å². The predicted octanol–water partition coefficient (Wildman–Crippen LogP) is 3.10. The maximum Gasteiger partial charge on any atom is 0.0860 e. The lowest BCUT2D eigenvalue weighted by molar-refractivity contribution is 0.464. The normalized spacial score (nSPS) is 21.9. The van der Waals surface area contributed by atoms with Gasteiger partial charge in [-0.2, -0.15) is 0 Å². The minimum Gasteiger partial charge on any atom is -0.327 e. The van der Waals surface area contributed by atoms with Crippen LogP contribution in [-0.4, -0.2) is 4.98 Å². The number of rotatable bonds is 2. The Balaban J connectivity index is 2.04. The van der Waals surface area contributed by atoms with Crippen LogP contribution in [0.15, 0.2) is 55.0 Å². The Morgan fingerprint density at radius 1 is 1.05 bits per heavy atom. The van der Waals surface area contributed by atoms with E-state index in [0.717, 1.165) is 16.1 Å². The Hall–Kier alpha value is -1.84. The molecule has 19 heavy (non-hydrogen) atoms. The first-order valence-corrected chi connectivity index (χ1v) is 6.48. The van der Waals surface area contributed by atoms with Gasteiger partial charge in [-0.25, -0.2) is 5.43 Å². The number of nitrogens with zero attached hydrogens (tertiary/aromatic N) is 1. The zero-order valence-electron chi connectivity index (χ0n) is 10.5. The minimum atomic E-state index is -0.286. The van der Waals surface area contributed by atoms with Gasteiger partial charge < -0.3 is 5.43 Å². The van der Waals surface area contributed by atoms with Crippen LogP contribution in [0.4, 0.5) is 0 Å². The van der Waals surface area contributed by atoms with E-state index in [-0.39, 0.29) is 5.54 Å². The molecule has 0 spiro atoms. The highest BCUT2D eigenvalue weighted by Gasteiger charge is 2.35. The van der Waals surface area contributed by atoms with Crippen LogP contribution in [0.2, 0.25) is 5.02 Å². The van der Waals surface area contributed by atoms with Crippen LogP contribution in [0.5, 0.6) is 0 Å². The first-order chi connectivity index (χ1) is 9.20. The van der Waals surface area contributed by atoms with Crippen LogP contribution >= 0.6 is 11.6 Å². The molecule has 0 aliphatic carbocycles. The molecule has 0 saturated carbocycles. The third-order valence-electron chi connectivity index (χ3n) is 3.49. The number of pyridine rings is 1. The van der Waals surface area contributed by atoms with E-state index in [0.29, 0.717) is 0 Å². The molecule has 2 heterocycles. The smallest absolute Gasteiger partial charge is 0.0860 e. The van der Waals surface area contributed by atoms with E-state index in [1.165, 1.54) is 5.57 Å². The molecular weight excluding hydrogens is 258 g/mol. The Labute approximate surface area is 117 Å². The number of halogens is 1. The van der Waals surface area contributed by atoms with Gasteiger partial charge >= 0.3 is 0 Å². The molecule has 1 aliphatic heterocycles. The van der Waals surface area contributed by atoms with Crippen molar-refractivity contribution >= 4 is 17.2 Å². The molecule has 1 aromatic heterocycles. The average molecular weight is 272 g/mol. The van der Waals surface area contributed by atoms with Crippen molar-refractivity contribution in [3.63, 3.8) is 0 Å². The van der Waals surface area contributed by atoms with Gasteiger partial charge in [0.05, 0.1) is 5.54 Å². The molecule has 3 nitrogen and oxygen atoms in total. The van der Waals surface area contributed by atoms with Gasteiger partial charge in [0, 0.05) is 29.2 Å². The predicted molar refractivity (Wildman–Crippen MR) is 77.3 cm³/mol. The fraction of sp³-hybridized carbons (Fsp3) is 0.133. The first kappa shape index (κ1) is 12.2. The topological polar surface area (TPSA) is 37.0 Å². The third kappa shape index (κ3) is 2.11. The van der Waals surface area contributed by atoms with Gasteiger partial charge in [-0.05, 0) is 42.3 Å². The van der Waals surface area contributed by atoms with Crippen LogP contribution in [-0.2, 0) is 5.54 Å². The number of nitrogens with one attached hydrogen (secondary N) is 2. The summed E-state index contributed by atoms with van der Waals surface area (Å²) in [5, 5.41) is 0.743. The Morgan fingerprint density at radius 2 is 1.74 bits per heavy atom. The second-order valence-corrected chi connectivity index (χ2v) is 5.13. The van der Waals surface area contributed by atoms with Gasteiger partial charge in [0.1, 0.15) is 0 Å². The minimum absolute atomic E-state index is 0.286. The summed E-state index contributed by atoms with van der Waals surface area (Å²) < 4.78 is 0. The summed E-state index contributed by atoms with van der Waals surface area (Å²) in [5.74, 6) is 0. The number of aromatic nitrogens is 1. The summed E-state index contributed by atoms with van der Waals surface area (Å²) in [5.41, 5.74) is 9.61. The second-order valence-electron chi connectivity index (χ2n) is 4.70. The summed E-state index contributed by atoms with van der Waals surface area (Å²) in [6, 6.07) is 11.9. The van der Waals surface area contributed by atoms with Crippen LogP contribution < -0.4 is 10.9 Å². The standard InChI is InChI=1S/C15H14ClN3/c1-15(12-2-4-13(16)5-3-12)14(10-18-19-15)11-6-8-17-9-7-11/h2-10,18-19H,1H3. The molecule has 0 radical (unpaired) electrons. The van der Waals surface area contributed by atoms with E-state index in [4.69, 9.17) is 11.6 Å². The van der Waals surface area contributed by atoms with Crippen LogP contribution in [0.1, 0.15) is 18.1 Å². The summed E-state index contributed by atoms with van der Waals surface area (Å²) in [6.45, 7) is 2.14. The number of benzene rings is 1. The zero-order chi connectivity index (χ0) is 13.3. The Morgan fingerprint density at radius 3 is 2.42 bits per heavy atom. The van der Waals surface area contributed by atoms with Crippen molar-refractivity contribution in [1.82, 2.24) is 15.8 Å². The lowest BCUT2D eigenvalue weighted by Gasteiger charge is -2.28. The molecule has 0 saturated heterocycles. The van der Waals surface area contributed by atoms with Gasteiger partial charge in [-0.3, -0.25) is 4.98 Å². The summed E-state index contributed by atoms with van der Waals surface area (Å²) in [4.78, 5) is 4.06. The lowest BCUT2D eigenvalue weighted by Crippen LogP contribution is -2.40. The number of hydrazine groups is 1. The van der Waals surface area contributed by atoms with E-state index < -0.39 is 0 Å². The molecule has 96 valence electrons. The van der Waals surface area contributed by atoms with Gasteiger partial charge in [-0.15, -0.1) is 0 Å². The summed E-state index contributed by atoms with van der Waals surface area (Å²) >= 11 is 5.96. The van der Waals surface area contributed by atoms with Gasteiger partial charge in [0.25, 0.3) is 0 Å². The molecule has 0 bridgehead atoms. The van der Waals surface area contributed by atoms with Crippen molar-refractivity contribution in [3.8, 4) is 0 Å². The van der Waals surface area contributed by atoms with E-state index in [2.05, 4.69) is 22.8 Å². The molecule has 4 heteroatoms. The number of hydrogen-bond donors (Lipinski definition) is 2. The molecule has 0 amide bonds. The molecule has 1 aliphatic rings. The zero-order valence-corrected chi connectivity index (χ0v) is 11.3. The lowest BCUT2D eigenvalue weighted by atomic mass is 9.83. The molecule has 1 aromatic carbocycles. The fourth-order valence-electron chi connectivity index (χ4n) is 2.38. The van der Waals surface area contributed by atoms with Gasteiger partial charge in [0.15, 0.2) is 0 Å². The van der Waals surface area contributed by atoms with Crippen molar-refractivity contribution in [2.75, 3.05) is 0 Å². The fourth-order valence-corrected chi connectivity index (χ4v) is 2.50.